The maximum Gasteiger partial charge on any atom is 0.0715 e. The summed E-state index contributed by atoms with van der Waals surface area (Å²) in [5.74, 6) is 0. The van der Waals surface area contributed by atoms with E-state index in [1.165, 1.54) is 12.0 Å². The molecule has 0 fully saturated rings. The molecule has 0 aliphatic carbocycles. The third-order valence-corrected chi connectivity index (χ3v) is 1.55. The van der Waals surface area contributed by atoms with Crippen LogP contribution in [0, 0.1) is 0 Å². The van der Waals surface area contributed by atoms with Gasteiger partial charge in [-0.05, 0) is 17.6 Å². The summed E-state index contributed by atoms with van der Waals surface area (Å²) in [7, 11) is 0. The molecule has 1 aliphatic rings. The van der Waals surface area contributed by atoms with Crippen molar-refractivity contribution >= 4 is 0 Å². The van der Waals surface area contributed by atoms with Crippen LogP contribution in [0.15, 0.2) is 23.8 Å². The highest BCUT2D eigenvalue weighted by atomic mass is 16.5. The van der Waals surface area contributed by atoms with E-state index in [1.807, 2.05) is 0 Å². The monoisotopic (exact) mass is 138 g/mol. The molecule has 0 radical (unpaired) electrons. The Morgan fingerprint density at radius 2 is 2.40 bits per heavy atom. The molecule has 0 saturated carbocycles. The Balaban J connectivity index is 2.49. The van der Waals surface area contributed by atoms with Crippen LogP contribution in [-0.4, -0.2) is 13.2 Å². The highest BCUT2D eigenvalue weighted by Gasteiger charge is 2.03. The van der Waals surface area contributed by atoms with Gasteiger partial charge in [-0.1, -0.05) is 26.0 Å². The summed E-state index contributed by atoms with van der Waals surface area (Å²) in [6.45, 7) is 7.55. The molecule has 0 bridgehead atoms. The van der Waals surface area contributed by atoms with E-state index in [0.717, 1.165) is 18.6 Å². The van der Waals surface area contributed by atoms with Gasteiger partial charge in [0.25, 0.3) is 0 Å². The predicted molar refractivity (Wildman–Crippen MR) is 43.0 cm³/mol. The van der Waals surface area contributed by atoms with Crippen molar-refractivity contribution < 1.29 is 4.74 Å². The Morgan fingerprint density at radius 1 is 1.60 bits per heavy atom. The Bertz CT molecular complexity index is 156. The largest absolute Gasteiger partial charge is 0.372 e. The molecule has 1 nitrogen and oxygen atoms in total. The van der Waals surface area contributed by atoms with Crippen LogP contribution >= 0.6 is 0 Å². The van der Waals surface area contributed by atoms with Crippen molar-refractivity contribution in [3.63, 3.8) is 0 Å². The summed E-state index contributed by atoms with van der Waals surface area (Å²) in [5, 5.41) is 0. The second kappa shape index (κ2) is 3.57. The lowest BCUT2D eigenvalue weighted by molar-refractivity contribution is 0.172. The first kappa shape index (κ1) is 7.55. The molecular formula is C9H14O. The van der Waals surface area contributed by atoms with Gasteiger partial charge in [-0.25, -0.2) is 0 Å². The van der Waals surface area contributed by atoms with Crippen molar-refractivity contribution in [2.75, 3.05) is 13.2 Å². The average molecular weight is 138 g/mol. The molecule has 1 heteroatoms. The molecular weight excluding hydrogens is 124 g/mol. The topological polar surface area (TPSA) is 9.23 Å². The molecule has 0 aromatic heterocycles. The van der Waals surface area contributed by atoms with Gasteiger partial charge >= 0.3 is 0 Å². The maximum atomic E-state index is 5.28. The van der Waals surface area contributed by atoms with Crippen LogP contribution < -0.4 is 0 Å². The number of rotatable bonds is 2. The standard InChI is InChI=1S/C9H14O/c1-3-4-9-5-8(2)6-10-7-9/h5H,2-4,6-7H2,1H3. The fourth-order valence-corrected chi connectivity index (χ4v) is 1.15. The minimum Gasteiger partial charge on any atom is -0.372 e. The van der Waals surface area contributed by atoms with E-state index in [9.17, 15) is 0 Å². The zero-order valence-corrected chi connectivity index (χ0v) is 6.52. The van der Waals surface area contributed by atoms with E-state index in [0.29, 0.717) is 6.61 Å². The van der Waals surface area contributed by atoms with Gasteiger partial charge in [0.1, 0.15) is 0 Å². The quantitative estimate of drug-likeness (QED) is 0.569. The zero-order valence-electron chi connectivity index (χ0n) is 6.52. The fourth-order valence-electron chi connectivity index (χ4n) is 1.15. The predicted octanol–water partition coefficient (Wildman–Crippen LogP) is 2.30. The molecule has 1 rings (SSSR count). The van der Waals surface area contributed by atoms with Gasteiger partial charge in [-0.2, -0.15) is 0 Å². The molecule has 0 saturated heterocycles. The van der Waals surface area contributed by atoms with Crippen molar-refractivity contribution in [1.29, 1.82) is 0 Å². The van der Waals surface area contributed by atoms with Gasteiger partial charge in [-0.3, -0.25) is 0 Å². The Morgan fingerprint density at radius 3 is 3.00 bits per heavy atom. The van der Waals surface area contributed by atoms with Gasteiger partial charge in [0, 0.05) is 0 Å². The fraction of sp³-hybridized carbons (Fsp3) is 0.556. The van der Waals surface area contributed by atoms with Crippen molar-refractivity contribution in [3.8, 4) is 0 Å². The summed E-state index contributed by atoms with van der Waals surface area (Å²) in [4.78, 5) is 0. The van der Waals surface area contributed by atoms with Gasteiger partial charge in [0.2, 0.25) is 0 Å². The second-order valence-electron chi connectivity index (χ2n) is 2.70. The van der Waals surface area contributed by atoms with Gasteiger partial charge in [-0.15, -0.1) is 0 Å². The van der Waals surface area contributed by atoms with E-state index in [-0.39, 0.29) is 0 Å². The molecule has 0 unspecified atom stereocenters. The molecule has 56 valence electrons. The average Bonchev–Trinajstić information content (AvgIpc) is 1.88. The molecule has 0 atom stereocenters. The Kier molecular flexibility index (Phi) is 2.69. The van der Waals surface area contributed by atoms with E-state index >= 15 is 0 Å². The molecule has 0 aromatic rings. The lowest BCUT2D eigenvalue weighted by Crippen LogP contribution is -2.07. The van der Waals surface area contributed by atoms with Crippen molar-refractivity contribution in [1.82, 2.24) is 0 Å². The SMILES string of the molecule is C=C1C=C(CCC)COC1. The van der Waals surface area contributed by atoms with Gasteiger partial charge in [0.05, 0.1) is 13.2 Å². The number of hydrogen-bond acceptors (Lipinski definition) is 1. The Labute approximate surface area is 62.4 Å². The second-order valence-corrected chi connectivity index (χ2v) is 2.70. The smallest absolute Gasteiger partial charge is 0.0715 e. The zero-order chi connectivity index (χ0) is 7.40. The summed E-state index contributed by atoms with van der Waals surface area (Å²) < 4.78 is 5.28. The van der Waals surface area contributed by atoms with Crippen molar-refractivity contribution in [3.05, 3.63) is 23.8 Å². The summed E-state index contributed by atoms with van der Waals surface area (Å²) in [6.07, 6.45) is 4.51. The molecule has 1 aliphatic heterocycles. The normalized spacial score (nSPS) is 18.9. The van der Waals surface area contributed by atoms with E-state index in [1.54, 1.807) is 0 Å². The van der Waals surface area contributed by atoms with E-state index in [4.69, 9.17) is 4.74 Å². The minimum absolute atomic E-state index is 0.715. The molecule has 0 amide bonds. The van der Waals surface area contributed by atoms with Crippen LogP contribution in [0.2, 0.25) is 0 Å². The maximum absolute atomic E-state index is 5.28. The van der Waals surface area contributed by atoms with Crippen LogP contribution in [0.3, 0.4) is 0 Å². The summed E-state index contributed by atoms with van der Waals surface area (Å²) in [5.41, 5.74) is 2.49. The molecule has 1 heterocycles. The van der Waals surface area contributed by atoms with Crippen LogP contribution in [0.1, 0.15) is 19.8 Å². The first-order chi connectivity index (χ1) is 4.83. The van der Waals surface area contributed by atoms with Gasteiger partial charge in [0.15, 0.2) is 0 Å². The van der Waals surface area contributed by atoms with Crippen LogP contribution in [0.5, 0.6) is 0 Å². The first-order valence-corrected chi connectivity index (χ1v) is 3.78. The number of hydrogen-bond donors (Lipinski definition) is 0. The van der Waals surface area contributed by atoms with Crippen molar-refractivity contribution in [2.24, 2.45) is 0 Å². The van der Waals surface area contributed by atoms with Crippen molar-refractivity contribution in [2.45, 2.75) is 19.8 Å². The van der Waals surface area contributed by atoms with E-state index < -0.39 is 0 Å². The van der Waals surface area contributed by atoms with E-state index in [2.05, 4.69) is 19.6 Å². The first-order valence-electron chi connectivity index (χ1n) is 3.78. The molecule has 10 heavy (non-hydrogen) atoms. The summed E-state index contributed by atoms with van der Waals surface area (Å²) in [6, 6.07) is 0. The Hall–Kier alpha value is -0.560. The molecule has 0 aromatic carbocycles. The summed E-state index contributed by atoms with van der Waals surface area (Å²) >= 11 is 0. The highest BCUT2D eigenvalue weighted by Crippen LogP contribution is 2.13. The molecule has 0 spiro atoms. The van der Waals surface area contributed by atoms with Crippen LogP contribution in [0.25, 0.3) is 0 Å². The van der Waals surface area contributed by atoms with Crippen LogP contribution in [-0.2, 0) is 4.74 Å². The third kappa shape index (κ3) is 1.99. The highest BCUT2D eigenvalue weighted by molar-refractivity contribution is 5.23. The van der Waals surface area contributed by atoms with Gasteiger partial charge < -0.3 is 4.74 Å². The third-order valence-electron chi connectivity index (χ3n) is 1.55. The minimum atomic E-state index is 0.715. The molecule has 0 N–H and O–H groups in total. The number of ether oxygens (including phenoxy) is 1. The van der Waals surface area contributed by atoms with Crippen LogP contribution in [0.4, 0.5) is 0 Å². The lowest BCUT2D eigenvalue weighted by atomic mass is 10.1. The lowest BCUT2D eigenvalue weighted by Gasteiger charge is -2.14.